The molecule has 9 nitrogen and oxygen atoms in total. The van der Waals surface area contributed by atoms with Crippen molar-refractivity contribution in [3.05, 3.63) is 62.3 Å². The minimum atomic E-state index is -0.653. The van der Waals surface area contributed by atoms with Crippen molar-refractivity contribution in [1.82, 2.24) is 24.7 Å². The number of thiocarbonyl (C=S) groups is 1. The Labute approximate surface area is 186 Å². The Morgan fingerprint density at radius 1 is 1.19 bits per heavy atom. The Hall–Kier alpha value is -2.98. The molecule has 0 spiro atoms. The van der Waals surface area contributed by atoms with Crippen LogP contribution >= 0.6 is 12.2 Å². The average molecular weight is 445 g/mol. The molecular weight excluding hydrogens is 416 g/mol. The molecule has 3 N–H and O–H groups in total. The second-order valence-electron chi connectivity index (χ2n) is 7.38. The first kappa shape index (κ1) is 22.7. The third-order valence-corrected chi connectivity index (χ3v) is 5.82. The molecule has 0 amide bonds. The van der Waals surface area contributed by atoms with Crippen LogP contribution in [0.3, 0.4) is 0 Å². The number of hydrogen-bond acceptors (Lipinski definition) is 6. The molecule has 1 saturated heterocycles. The van der Waals surface area contributed by atoms with E-state index in [1.165, 1.54) is 0 Å². The average Bonchev–Trinajstić information content (AvgIpc) is 2.77. The van der Waals surface area contributed by atoms with Gasteiger partial charge in [-0.2, -0.15) is 0 Å². The fourth-order valence-corrected chi connectivity index (χ4v) is 3.75. The summed E-state index contributed by atoms with van der Waals surface area (Å²) < 4.78 is 1.15. The lowest BCUT2D eigenvalue weighted by Crippen LogP contribution is -2.51. The van der Waals surface area contributed by atoms with E-state index in [-0.39, 0.29) is 18.0 Å². The van der Waals surface area contributed by atoms with Crippen LogP contribution in [0.4, 0.5) is 0 Å². The molecule has 31 heavy (non-hydrogen) atoms. The zero-order valence-corrected chi connectivity index (χ0v) is 18.6. The molecule has 3 rings (SSSR count). The number of nitrogens with one attached hydrogen (secondary N) is 2. The summed E-state index contributed by atoms with van der Waals surface area (Å²) in [6, 6.07) is 9.27. The molecule has 0 aliphatic carbocycles. The van der Waals surface area contributed by atoms with Crippen molar-refractivity contribution in [2.45, 2.75) is 13.5 Å². The molecule has 1 aliphatic rings. The van der Waals surface area contributed by atoms with E-state index < -0.39 is 11.2 Å². The van der Waals surface area contributed by atoms with Gasteiger partial charge in [-0.3, -0.25) is 24.2 Å². The summed E-state index contributed by atoms with van der Waals surface area (Å²) >= 11 is 5.27. The number of rotatable bonds is 6. The van der Waals surface area contributed by atoms with Gasteiger partial charge in [-0.25, -0.2) is 4.79 Å². The number of aromatic amines is 1. The molecule has 1 aromatic carbocycles. The SMILES string of the molecule is CNC(=S)N1CCN(CCN=C(C)c2c(O)n(Cc3ccccc3)c(=O)[nH]c2=O)CC1. The number of hydrogen-bond donors (Lipinski definition) is 3. The molecule has 0 radical (unpaired) electrons. The lowest BCUT2D eigenvalue weighted by Gasteiger charge is -2.35. The van der Waals surface area contributed by atoms with Crippen LogP contribution in [0.1, 0.15) is 18.1 Å². The highest BCUT2D eigenvalue weighted by Crippen LogP contribution is 2.13. The maximum atomic E-state index is 12.4. The van der Waals surface area contributed by atoms with E-state index in [9.17, 15) is 14.7 Å². The van der Waals surface area contributed by atoms with Gasteiger partial charge in [-0.15, -0.1) is 0 Å². The quantitative estimate of drug-likeness (QED) is 0.432. The van der Waals surface area contributed by atoms with Crippen molar-refractivity contribution in [3.63, 3.8) is 0 Å². The molecule has 0 unspecified atom stereocenters. The van der Waals surface area contributed by atoms with E-state index in [0.717, 1.165) is 48.0 Å². The number of aliphatic imine (C=N–C) groups is 1. The smallest absolute Gasteiger partial charge is 0.331 e. The molecule has 2 aromatic rings. The first-order chi connectivity index (χ1) is 14.9. The number of benzene rings is 1. The molecular formula is C21H28N6O3S. The predicted octanol–water partition coefficient (Wildman–Crippen LogP) is 0.221. The maximum Gasteiger partial charge on any atom is 0.331 e. The van der Waals surface area contributed by atoms with E-state index in [4.69, 9.17) is 12.2 Å². The molecule has 1 aliphatic heterocycles. The lowest BCUT2D eigenvalue weighted by atomic mass is 10.2. The van der Waals surface area contributed by atoms with Gasteiger partial charge in [-0.1, -0.05) is 30.3 Å². The summed E-state index contributed by atoms with van der Waals surface area (Å²) in [6.45, 7) is 6.51. The first-order valence-corrected chi connectivity index (χ1v) is 10.6. The molecule has 0 bridgehead atoms. The van der Waals surface area contributed by atoms with Crippen LogP contribution in [0.15, 0.2) is 44.9 Å². The highest BCUT2D eigenvalue weighted by Gasteiger charge is 2.19. The van der Waals surface area contributed by atoms with E-state index in [1.807, 2.05) is 37.4 Å². The number of H-pyrrole nitrogens is 1. The molecule has 0 atom stereocenters. The third-order valence-electron chi connectivity index (χ3n) is 5.36. The van der Waals surface area contributed by atoms with Gasteiger partial charge in [0.15, 0.2) is 5.11 Å². The second kappa shape index (κ2) is 10.4. The van der Waals surface area contributed by atoms with Crippen molar-refractivity contribution in [1.29, 1.82) is 0 Å². The van der Waals surface area contributed by atoms with Crippen molar-refractivity contribution in [2.75, 3.05) is 46.3 Å². The van der Waals surface area contributed by atoms with Gasteiger partial charge < -0.3 is 15.3 Å². The highest BCUT2D eigenvalue weighted by atomic mass is 32.1. The van der Waals surface area contributed by atoms with Gasteiger partial charge in [0.05, 0.1) is 13.1 Å². The lowest BCUT2D eigenvalue weighted by molar-refractivity contribution is 0.186. The van der Waals surface area contributed by atoms with Crippen LogP contribution in [0, 0.1) is 0 Å². The maximum absolute atomic E-state index is 12.4. The van der Waals surface area contributed by atoms with Crippen LogP contribution in [0.25, 0.3) is 0 Å². The fraction of sp³-hybridized carbons (Fsp3) is 0.429. The standard InChI is InChI=1S/C21H28N6O3S/c1-15(23-8-9-25-10-12-26(13-11-25)21(31)22-2)17-18(28)24-20(30)27(19(17)29)14-16-6-4-3-5-7-16/h3-7,29H,8-14H2,1-2H3,(H,22,31)(H,24,28,30). The molecule has 0 saturated carbocycles. The summed E-state index contributed by atoms with van der Waals surface area (Å²) in [5, 5.41) is 14.4. The van der Waals surface area contributed by atoms with Gasteiger partial charge in [0.2, 0.25) is 5.88 Å². The number of aromatic hydroxyl groups is 1. The van der Waals surface area contributed by atoms with Crippen LogP contribution in [0.2, 0.25) is 0 Å². The first-order valence-electron chi connectivity index (χ1n) is 10.2. The van der Waals surface area contributed by atoms with Gasteiger partial charge in [0, 0.05) is 45.5 Å². The predicted molar refractivity (Wildman–Crippen MR) is 125 cm³/mol. The fourth-order valence-electron chi connectivity index (χ4n) is 3.57. The molecule has 1 fully saturated rings. The summed E-state index contributed by atoms with van der Waals surface area (Å²) in [7, 11) is 1.83. The Kier molecular flexibility index (Phi) is 7.59. The van der Waals surface area contributed by atoms with Crippen molar-refractivity contribution in [2.24, 2.45) is 4.99 Å². The van der Waals surface area contributed by atoms with Crippen LogP contribution in [-0.4, -0.2) is 81.6 Å². The minimum absolute atomic E-state index is 0.0275. The number of piperazine rings is 1. The van der Waals surface area contributed by atoms with Crippen molar-refractivity contribution in [3.8, 4) is 5.88 Å². The topological polar surface area (TPSA) is 106 Å². The molecule has 166 valence electrons. The summed E-state index contributed by atoms with van der Waals surface area (Å²) in [6.07, 6.45) is 0. The van der Waals surface area contributed by atoms with Crippen molar-refractivity contribution >= 4 is 23.0 Å². The zero-order valence-electron chi connectivity index (χ0n) is 17.8. The van der Waals surface area contributed by atoms with Gasteiger partial charge in [0.25, 0.3) is 5.56 Å². The highest BCUT2D eigenvalue weighted by molar-refractivity contribution is 7.80. The summed E-state index contributed by atoms with van der Waals surface area (Å²) in [5.74, 6) is -0.368. The normalized spacial score (nSPS) is 15.2. The van der Waals surface area contributed by atoms with E-state index in [2.05, 4.69) is 25.1 Å². The number of nitrogens with zero attached hydrogens (tertiary/aromatic N) is 4. The van der Waals surface area contributed by atoms with Crippen LogP contribution in [0.5, 0.6) is 5.88 Å². The molecule has 10 heteroatoms. The molecule has 2 heterocycles. The monoisotopic (exact) mass is 444 g/mol. The van der Waals surface area contributed by atoms with Crippen molar-refractivity contribution < 1.29 is 5.11 Å². The molecule has 1 aromatic heterocycles. The largest absolute Gasteiger partial charge is 0.494 e. The summed E-state index contributed by atoms with van der Waals surface area (Å²) in [4.78, 5) is 35.8. The van der Waals surface area contributed by atoms with E-state index >= 15 is 0 Å². The minimum Gasteiger partial charge on any atom is -0.494 e. The number of aromatic nitrogens is 2. The Balaban J connectivity index is 1.68. The Morgan fingerprint density at radius 2 is 1.87 bits per heavy atom. The van der Waals surface area contributed by atoms with E-state index in [0.29, 0.717) is 12.3 Å². The second-order valence-corrected chi connectivity index (χ2v) is 7.77. The Bertz CT molecular complexity index is 1060. The Morgan fingerprint density at radius 3 is 2.52 bits per heavy atom. The van der Waals surface area contributed by atoms with Gasteiger partial charge >= 0.3 is 5.69 Å². The van der Waals surface area contributed by atoms with E-state index in [1.54, 1.807) is 6.92 Å². The zero-order chi connectivity index (χ0) is 22.4. The van der Waals surface area contributed by atoms with Crippen LogP contribution < -0.4 is 16.6 Å². The summed E-state index contributed by atoms with van der Waals surface area (Å²) in [5.41, 5.74) is -0.0258. The van der Waals surface area contributed by atoms with Gasteiger partial charge in [-0.05, 0) is 24.7 Å². The van der Waals surface area contributed by atoms with Crippen LogP contribution in [-0.2, 0) is 6.54 Å². The third kappa shape index (κ3) is 5.59. The van der Waals surface area contributed by atoms with Gasteiger partial charge in [0.1, 0.15) is 5.56 Å².